The highest BCUT2D eigenvalue weighted by Gasteiger charge is 2.19. The van der Waals surface area contributed by atoms with Crippen LogP contribution in [0.4, 0.5) is 5.82 Å². The largest absolute Gasteiger partial charge is 0.489 e. The maximum absolute atomic E-state index is 12.7. The van der Waals surface area contributed by atoms with Crippen molar-refractivity contribution in [1.82, 2.24) is 14.9 Å². The van der Waals surface area contributed by atoms with Crippen molar-refractivity contribution in [3.8, 4) is 5.75 Å². The Morgan fingerprint density at radius 3 is 2.62 bits per heavy atom. The molecular formula is C22H26N4O3. The third kappa shape index (κ3) is 4.34. The number of amides is 1. The molecule has 1 N–H and O–H groups in total. The molecule has 1 amide bonds. The van der Waals surface area contributed by atoms with E-state index < -0.39 is 0 Å². The van der Waals surface area contributed by atoms with E-state index >= 15 is 0 Å². The number of carbonyl (C=O) groups is 1. The molecule has 7 heteroatoms. The van der Waals surface area contributed by atoms with Crippen molar-refractivity contribution >= 4 is 11.7 Å². The molecule has 3 aromatic rings. The van der Waals surface area contributed by atoms with E-state index in [-0.39, 0.29) is 5.91 Å². The molecule has 2 aromatic heterocycles. The summed E-state index contributed by atoms with van der Waals surface area (Å²) in [5, 5.41) is 11.4. The van der Waals surface area contributed by atoms with Crippen LogP contribution in [-0.2, 0) is 6.61 Å². The number of benzene rings is 1. The topological polar surface area (TPSA) is 82.2 Å². The van der Waals surface area contributed by atoms with Gasteiger partial charge in [0.25, 0.3) is 5.91 Å². The Bertz CT molecular complexity index is 949. The Morgan fingerprint density at radius 1 is 1.17 bits per heavy atom. The number of aryl methyl sites for hydroxylation is 2. The van der Waals surface area contributed by atoms with E-state index in [0.717, 1.165) is 35.7 Å². The number of hydrogen-bond donors (Lipinski definition) is 1. The predicted molar refractivity (Wildman–Crippen MR) is 109 cm³/mol. The van der Waals surface area contributed by atoms with Crippen molar-refractivity contribution in [2.75, 3.05) is 5.32 Å². The Balaban J connectivity index is 1.38. The highest BCUT2D eigenvalue weighted by molar-refractivity contribution is 6.03. The van der Waals surface area contributed by atoms with Gasteiger partial charge < -0.3 is 14.6 Å². The number of rotatable bonds is 6. The van der Waals surface area contributed by atoms with Gasteiger partial charge in [-0.15, -0.1) is 0 Å². The summed E-state index contributed by atoms with van der Waals surface area (Å²) in [5.74, 6) is 2.04. The van der Waals surface area contributed by atoms with Crippen LogP contribution in [-0.4, -0.2) is 20.8 Å². The lowest BCUT2D eigenvalue weighted by atomic mass is 9.96. The fourth-order valence-corrected chi connectivity index (χ4v) is 3.78. The number of anilines is 1. The van der Waals surface area contributed by atoms with Crippen molar-refractivity contribution in [2.45, 2.75) is 58.6 Å². The van der Waals surface area contributed by atoms with Gasteiger partial charge in [0.1, 0.15) is 23.9 Å². The van der Waals surface area contributed by atoms with Crippen molar-refractivity contribution in [3.05, 3.63) is 59.1 Å². The number of ether oxygens (including phenoxy) is 1. The first-order valence-electron chi connectivity index (χ1n) is 10.1. The van der Waals surface area contributed by atoms with Gasteiger partial charge in [0.15, 0.2) is 0 Å². The summed E-state index contributed by atoms with van der Waals surface area (Å²) in [6, 6.07) is 9.35. The van der Waals surface area contributed by atoms with E-state index in [0.29, 0.717) is 24.0 Å². The summed E-state index contributed by atoms with van der Waals surface area (Å²) in [6.07, 6.45) is 7.68. The minimum Gasteiger partial charge on any atom is -0.489 e. The molecule has 2 heterocycles. The fraction of sp³-hybridized carbons (Fsp3) is 0.409. The summed E-state index contributed by atoms with van der Waals surface area (Å²) in [4.78, 5) is 12.7. The van der Waals surface area contributed by atoms with Gasteiger partial charge in [-0.3, -0.25) is 4.79 Å². The summed E-state index contributed by atoms with van der Waals surface area (Å²) >= 11 is 0. The van der Waals surface area contributed by atoms with Gasteiger partial charge in [0.05, 0.1) is 23.5 Å². The van der Waals surface area contributed by atoms with Gasteiger partial charge in [-0.25, -0.2) is 4.68 Å². The van der Waals surface area contributed by atoms with Crippen LogP contribution in [0.25, 0.3) is 0 Å². The zero-order valence-corrected chi connectivity index (χ0v) is 16.9. The quantitative estimate of drug-likeness (QED) is 0.648. The normalized spacial score (nSPS) is 14.7. The molecule has 1 saturated carbocycles. The molecule has 0 atom stereocenters. The van der Waals surface area contributed by atoms with Crippen molar-refractivity contribution < 1.29 is 14.1 Å². The number of nitrogens with zero attached hydrogens (tertiary/aromatic N) is 3. The molecular weight excluding hydrogens is 368 g/mol. The Morgan fingerprint density at radius 2 is 1.93 bits per heavy atom. The van der Waals surface area contributed by atoms with E-state index in [4.69, 9.17) is 9.26 Å². The Labute approximate surface area is 170 Å². The van der Waals surface area contributed by atoms with Crippen LogP contribution < -0.4 is 10.1 Å². The molecule has 29 heavy (non-hydrogen) atoms. The fourth-order valence-electron chi connectivity index (χ4n) is 3.78. The minimum absolute atomic E-state index is 0.153. The standard InChI is InChI=1S/C22H26N4O3/c1-15-20(16(2)29-25-15)14-28-19-10-8-17(9-11-19)22(27)24-21-12-13-23-26(21)18-6-4-3-5-7-18/h8-13,18H,3-7,14H2,1-2H3,(H,24,27). The number of carbonyl (C=O) groups excluding carboxylic acids is 1. The lowest BCUT2D eigenvalue weighted by molar-refractivity contribution is 0.102. The molecule has 7 nitrogen and oxygen atoms in total. The summed E-state index contributed by atoms with van der Waals surface area (Å²) in [6.45, 7) is 4.14. The Kier molecular flexibility index (Phi) is 5.64. The summed E-state index contributed by atoms with van der Waals surface area (Å²) in [7, 11) is 0. The second-order valence-electron chi connectivity index (χ2n) is 7.52. The molecule has 1 fully saturated rings. The summed E-state index contributed by atoms with van der Waals surface area (Å²) in [5.41, 5.74) is 2.35. The molecule has 0 unspecified atom stereocenters. The van der Waals surface area contributed by atoms with Crippen LogP contribution in [0.2, 0.25) is 0 Å². The molecule has 0 aliphatic heterocycles. The predicted octanol–water partition coefficient (Wildman–Crippen LogP) is 4.82. The Hall–Kier alpha value is -3.09. The molecule has 0 bridgehead atoms. The van der Waals surface area contributed by atoms with Gasteiger partial charge in [0.2, 0.25) is 0 Å². The van der Waals surface area contributed by atoms with E-state index in [1.54, 1.807) is 30.5 Å². The highest BCUT2D eigenvalue weighted by atomic mass is 16.5. The molecule has 0 radical (unpaired) electrons. The van der Waals surface area contributed by atoms with Gasteiger partial charge in [-0.1, -0.05) is 24.4 Å². The first-order chi connectivity index (χ1) is 14.1. The van der Waals surface area contributed by atoms with Gasteiger partial charge in [-0.2, -0.15) is 5.10 Å². The van der Waals surface area contributed by atoms with E-state index in [1.165, 1.54) is 19.3 Å². The van der Waals surface area contributed by atoms with Gasteiger partial charge >= 0.3 is 0 Å². The SMILES string of the molecule is Cc1noc(C)c1COc1ccc(C(=O)Nc2ccnn2C2CCCCC2)cc1. The number of nitrogens with one attached hydrogen (secondary N) is 1. The molecule has 4 rings (SSSR count). The van der Waals surface area contributed by atoms with Crippen LogP contribution in [0.1, 0.15) is 65.5 Å². The van der Waals surface area contributed by atoms with E-state index in [2.05, 4.69) is 15.6 Å². The van der Waals surface area contributed by atoms with E-state index in [1.807, 2.05) is 24.6 Å². The monoisotopic (exact) mass is 394 g/mol. The number of aromatic nitrogens is 3. The lowest BCUT2D eigenvalue weighted by Crippen LogP contribution is -2.20. The van der Waals surface area contributed by atoms with Crippen LogP contribution >= 0.6 is 0 Å². The molecule has 152 valence electrons. The molecule has 1 aromatic carbocycles. The smallest absolute Gasteiger partial charge is 0.256 e. The number of hydrogen-bond acceptors (Lipinski definition) is 5. The molecule has 0 saturated heterocycles. The maximum atomic E-state index is 12.7. The first-order valence-corrected chi connectivity index (χ1v) is 10.1. The van der Waals surface area contributed by atoms with Crippen molar-refractivity contribution in [3.63, 3.8) is 0 Å². The van der Waals surface area contributed by atoms with E-state index in [9.17, 15) is 4.79 Å². The lowest BCUT2D eigenvalue weighted by Gasteiger charge is -2.23. The zero-order chi connectivity index (χ0) is 20.2. The minimum atomic E-state index is -0.153. The average molecular weight is 394 g/mol. The molecule has 1 aliphatic carbocycles. The van der Waals surface area contributed by atoms with Gasteiger partial charge in [-0.05, 0) is 51.0 Å². The summed E-state index contributed by atoms with van der Waals surface area (Å²) < 4.78 is 12.9. The first kappa shape index (κ1) is 19.2. The van der Waals surface area contributed by atoms with Crippen LogP contribution in [0.5, 0.6) is 5.75 Å². The van der Waals surface area contributed by atoms with Crippen LogP contribution in [0, 0.1) is 13.8 Å². The van der Waals surface area contributed by atoms with Crippen LogP contribution in [0.15, 0.2) is 41.1 Å². The highest BCUT2D eigenvalue weighted by Crippen LogP contribution is 2.30. The van der Waals surface area contributed by atoms with Crippen molar-refractivity contribution in [2.24, 2.45) is 0 Å². The second-order valence-corrected chi connectivity index (χ2v) is 7.52. The van der Waals surface area contributed by atoms with Crippen molar-refractivity contribution in [1.29, 1.82) is 0 Å². The van der Waals surface area contributed by atoms with Gasteiger partial charge in [0, 0.05) is 11.6 Å². The average Bonchev–Trinajstić information content (AvgIpc) is 3.34. The third-order valence-electron chi connectivity index (χ3n) is 5.51. The molecule has 0 spiro atoms. The van der Waals surface area contributed by atoms with Crippen LogP contribution in [0.3, 0.4) is 0 Å². The maximum Gasteiger partial charge on any atom is 0.256 e. The molecule has 1 aliphatic rings. The third-order valence-corrected chi connectivity index (χ3v) is 5.51. The second kappa shape index (κ2) is 8.51. The zero-order valence-electron chi connectivity index (χ0n) is 16.9.